The van der Waals surface area contributed by atoms with Gasteiger partial charge in [0.1, 0.15) is 0 Å². The van der Waals surface area contributed by atoms with Crippen LogP contribution >= 0.6 is 0 Å². The first-order chi connectivity index (χ1) is 10.0. The Morgan fingerprint density at radius 1 is 1.29 bits per heavy atom. The molecule has 1 aromatic carbocycles. The summed E-state index contributed by atoms with van der Waals surface area (Å²) in [5.74, 6) is 0.729. The Labute approximate surface area is 129 Å². The van der Waals surface area contributed by atoms with Gasteiger partial charge in [-0.3, -0.25) is 4.90 Å². The first kappa shape index (κ1) is 16.5. The molecule has 0 bridgehead atoms. The van der Waals surface area contributed by atoms with Crippen molar-refractivity contribution in [3.8, 4) is 0 Å². The van der Waals surface area contributed by atoms with Gasteiger partial charge in [-0.1, -0.05) is 32.0 Å². The number of benzene rings is 1. The molecule has 1 N–H and O–H groups in total. The first-order valence-corrected chi connectivity index (χ1v) is 8.15. The van der Waals surface area contributed by atoms with E-state index < -0.39 is 0 Å². The maximum atomic E-state index is 5.87. The molecule has 3 nitrogen and oxygen atoms in total. The molecule has 1 aliphatic heterocycles. The van der Waals surface area contributed by atoms with Crippen LogP contribution in [0.4, 0.5) is 0 Å². The summed E-state index contributed by atoms with van der Waals surface area (Å²) >= 11 is 0. The number of nitrogens with one attached hydrogen (secondary N) is 1. The molecule has 1 heterocycles. The SMILES string of the molecule is Cc1ccc(CNCC2CN(CC(C)C)CCO2)cc1C. The summed E-state index contributed by atoms with van der Waals surface area (Å²) in [7, 11) is 0. The van der Waals surface area contributed by atoms with E-state index in [0.29, 0.717) is 6.10 Å². The molecular formula is C18H30N2O. The van der Waals surface area contributed by atoms with Gasteiger partial charge in [0.15, 0.2) is 0 Å². The highest BCUT2D eigenvalue weighted by atomic mass is 16.5. The van der Waals surface area contributed by atoms with E-state index >= 15 is 0 Å². The van der Waals surface area contributed by atoms with E-state index in [-0.39, 0.29) is 0 Å². The Kier molecular flexibility index (Phi) is 6.22. The summed E-state index contributed by atoms with van der Waals surface area (Å²) in [4.78, 5) is 2.52. The number of aryl methyl sites for hydroxylation is 2. The Morgan fingerprint density at radius 3 is 2.81 bits per heavy atom. The molecule has 0 radical (unpaired) electrons. The van der Waals surface area contributed by atoms with Crippen LogP contribution in [0.3, 0.4) is 0 Å². The molecule has 1 unspecified atom stereocenters. The second-order valence-electron chi connectivity index (χ2n) is 6.70. The Morgan fingerprint density at radius 2 is 2.10 bits per heavy atom. The second kappa shape index (κ2) is 7.92. The minimum atomic E-state index is 0.323. The van der Waals surface area contributed by atoms with E-state index in [1.165, 1.54) is 23.2 Å². The minimum Gasteiger partial charge on any atom is -0.374 e. The Balaban J connectivity index is 1.73. The zero-order valence-electron chi connectivity index (χ0n) is 14.0. The van der Waals surface area contributed by atoms with Crippen LogP contribution in [-0.2, 0) is 11.3 Å². The van der Waals surface area contributed by atoms with Crippen molar-refractivity contribution in [3.63, 3.8) is 0 Å². The lowest BCUT2D eigenvalue weighted by Crippen LogP contribution is -2.47. The third kappa shape index (κ3) is 5.42. The van der Waals surface area contributed by atoms with Gasteiger partial charge in [0, 0.05) is 32.7 Å². The van der Waals surface area contributed by atoms with Crippen LogP contribution in [0.25, 0.3) is 0 Å². The molecule has 1 fully saturated rings. The molecule has 3 heteroatoms. The van der Waals surface area contributed by atoms with Crippen molar-refractivity contribution in [2.24, 2.45) is 5.92 Å². The summed E-state index contributed by atoms with van der Waals surface area (Å²) < 4.78 is 5.87. The normalized spacial score (nSPS) is 20.1. The van der Waals surface area contributed by atoms with Gasteiger partial charge < -0.3 is 10.1 Å². The van der Waals surface area contributed by atoms with Crippen molar-refractivity contribution >= 4 is 0 Å². The maximum Gasteiger partial charge on any atom is 0.0826 e. The van der Waals surface area contributed by atoms with E-state index in [1.807, 2.05) is 0 Å². The highest BCUT2D eigenvalue weighted by Gasteiger charge is 2.20. The molecular weight excluding hydrogens is 260 g/mol. The highest BCUT2D eigenvalue weighted by molar-refractivity contribution is 5.29. The van der Waals surface area contributed by atoms with Gasteiger partial charge in [-0.05, 0) is 36.5 Å². The monoisotopic (exact) mass is 290 g/mol. The predicted octanol–water partition coefficient (Wildman–Crippen LogP) is 2.75. The van der Waals surface area contributed by atoms with Crippen molar-refractivity contribution in [1.82, 2.24) is 10.2 Å². The highest BCUT2D eigenvalue weighted by Crippen LogP contribution is 2.10. The van der Waals surface area contributed by atoms with Crippen molar-refractivity contribution in [2.45, 2.75) is 40.3 Å². The van der Waals surface area contributed by atoms with Crippen molar-refractivity contribution in [2.75, 3.05) is 32.8 Å². The van der Waals surface area contributed by atoms with Crippen LogP contribution in [0, 0.1) is 19.8 Å². The predicted molar refractivity (Wildman–Crippen MR) is 88.6 cm³/mol. The lowest BCUT2D eigenvalue weighted by atomic mass is 10.1. The van der Waals surface area contributed by atoms with E-state index in [1.54, 1.807) is 0 Å². The smallest absolute Gasteiger partial charge is 0.0826 e. The number of hydrogen-bond donors (Lipinski definition) is 1. The van der Waals surface area contributed by atoms with E-state index in [2.05, 4.69) is 56.1 Å². The zero-order chi connectivity index (χ0) is 15.2. The standard InChI is InChI=1S/C18H30N2O/c1-14(2)12-20-7-8-21-18(13-20)11-19-10-17-6-5-15(3)16(4)9-17/h5-6,9,14,18-19H,7-8,10-13H2,1-4H3. The molecule has 0 spiro atoms. The molecule has 1 saturated heterocycles. The van der Waals surface area contributed by atoms with Crippen LogP contribution in [0.5, 0.6) is 0 Å². The van der Waals surface area contributed by atoms with Crippen LogP contribution in [0.15, 0.2) is 18.2 Å². The number of morpholine rings is 1. The minimum absolute atomic E-state index is 0.323. The molecule has 0 saturated carbocycles. The number of rotatable bonds is 6. The molecule has 0 aromatic heterocycles. The molecule has 1 atom stereocenters. The molecule has 0 aliphatic carbocycles. The summed E-state index contributed by atoms with van der Waals surface area (Å²) in [6.45, 7) is 14.9. The number of nitrogens with zero attached hydrogens (tertiary/aromatic N) is 1. The fraction of sp³-hybridized carbons (Fsp3) is 0.667. The average Bonchev–Trinajstić information content (AvgIpc) is 2.42. The molecule has 0 amide bonds. The molecule has 1 aromatic rings. The van der Waals surface area contributed by atoms with E-state index in [0.717, 1.165) is 38.7 Å². The molecule has 21 heavy (non-hydrogen) atoms. The molecule has 1 aliphatic rings. The van der Waals surface area contributed by atoms with Gasteiger partial charge in [-0.15, -0.1) is 0 Å². The number of hydrogen-bond acceptors (Lipinski definition) is 3. The van der Waals surface area contributed by atoms with Crippen molar-refractivity contribution in [3.05, 3.63) is 34.9 Å². The quantitative estimate of drug-likeness (QED) is 0.872. The summed E-state index contributed by atoms with van der Waals surface area (Å²) in [6.07, 6.45) is 0.323. The maximum absolute atomic E-state index is 5.87. The summed E-state index contributed by atoms with van der Waals surface area (Å²) in [6, 6.07) is 6.69. The lowest BCUT2D eigenvalue weighted by Gasteiger charge is -2.34. The van der Waals surface area contributed by atoms with Gasteiger partial charge in [0.05, 0.1) is 12.7 Å². The Hall–Kier alpha value is -0.900. The van der Waals surface area contributed by atoms with Crippen LogP contribution in [0.1, 0.15) is 30.5 Å². The molecule has 2 rings (SSSR count). The van der Waals surface area contributed by atoms with Crippen LogP contribution in [0.2, 0.25) is 0 Å². The third-order valence-corrected chi connectivity index (χ3v) is 4.12. The van der Waals surface area contributed by atoms with E-state index in [9.17, 15) is 0 Å². The Bertz CT molecular complexity index is 445. The summed E-state index contributed by atoms with van der Waals surface area (Å²) in [5.41, 5.74) is 4.08. The fourth-order valence-corrected chi connectivity index (χ4v) is 2.88. The van der Waals surface area contributed by atoms with Gasteiger partial charge in [0.2, 0.25) is 0 Å². The fourth-order valence-electron chi connectivity index (χ4n) is 2.88. The van der Waals surface area contributed by atoms with E-state index in [4.69, 9.17) is 4.74 Å². The first-order valence-electron chi connectivity index (χ1n) is 8.15. The van der Waals surface area contributed by atoms with Crippen LogP contribution in [-0.4, -0.2) is 43.8 Å². The van der Waals surface area contributed by atoms with Crippen molar-refractivity contribution in [1.29, 1.82) is 0 Å². The lowest BCUT2D eigenvalue weighted by molar-refractivity contribution is -0.0303. The van der Waals surface area contributed by atoms with Gasteiger partial charge in [0.25, 0.3) is 0 Å². The second-order valence-corrected chi connectivity index (χ2v) is 6.70. The largest absolute Gasteiger partial charge is 0.374 e. The van der Waals surface area contributed by atoms with Crippen molar-refractivity contribution < 1.29 is 4.74 Å². The average molecular weight is 290 g/mol. The van der Waals surface area contributed by atoms with Gasteiger partial charge in [-0.2, -0.15) is 0 Å². The topological polar surface area (TPSA) is 24.5 Å². The van der Waals surface area contributed by atoms with Crippen LogP contribution < -0.4 is 5.32 Å². The zero-order valence-corrected chi connectivity index (χ0v) is 14.0. The van der Waals surface area contributed by atoms with Gasteiger partial charge in [-0.25, -0.2) is 0 Å². The van der Waals surface area contributed by atoms with Gasteiger partial charge >= 0.3 is 0 Å². The summed E-state index contributed by atoms with van der Waals surface area (Å²) in [5, 5.41) is 3.54. The number of ether oxygens (including phenoxy) is 1. The molecule has 118 valence electrons. The third-order valence-electron chi connectivity index (χ3n) is 4.12.